The second kappa shape index (κ2) is 4.55. The molecule has 0 radical (unpaired) electrons. The molecule has 3 rings (SSSR count). The fourth-order valence-corrected chi connectivity index (χ4v) is 3.29. The van der Waals surface area contributed by atoms with E-state index in [1.165, 1.54) is 0 Å². The molecular weight excluding hydrogens is 360 g/mol. The van der Waals surface area contributed by atoms with Crippen LogP contribution in [0.4, 0.5) is 0 Å². The molecule has 0 saturated carbocycles. The van der Waals surface area contributed by atoms with Crippen LogP contribution in [0, 0.1) is 0 Å². The second-order valence-corrected chi connectivity index (χ2v) is 5.91. The zero-order valence-corrected chi connectivity index (χ0v) is 12.8. The molecule has 0 spiro atoms. The Hall–Kier alpha value is -1.07. The van der Waals surface area contributed by atoms with Gasteiger partial charge in [-0.1, -0.05) is 15.9 Å². The Morgan fingerprint density at radius 2 is 2.11 bits per heavy atom. The largest absolute Gasteiger partial charge is 0.458 e. The van der Waals surface area contributed by atoms with E-state index in [0.717, 1.165) is 25.7 Å². The molecule has 0 aliphatic carbocycles. The molecule has 0 saturated heterocycles. The molecule has 2 aromatic heterocycles. The van der Waals surface area contributed by atoms with Crippen molar-refractivity contribution in [2.75, 3.05) is 0 Å². The minimum Gasteiger partial charge on any atom is -0.458 e. The Bertz CT molecular complexity index is 688. The maximum Gasteiger partial charge on any atom is 0.148 e. The van der Waals surface area contributed by atoms with Crippen LogP contribution in [-0.4, -0.2) is 9.55 Å². The van der Waals surface area contributed by atoms with Gasteiger partial charge in [-0.2, -0.15) is 0 Å². The van der Waals surface area contributed by atoms with Crippen molar-refractivity contribution in [1.29, 1.82) is 0 Å². The van der Waals surface area contributed by atoms with Crippen LogP contribution >= 0.6 is 31.9 Å². The van der Waals surface area contributed by atoms with E-state index in [9.17, 15) is 0 Å². The first-order chi connectivity index (χ1) is 8.65. The van der Waals surface area contributed by atoms with Gasteiger partial charge in [0.15, 0.2) is 0 Å². The summed E-state index contributed by atoms with van der Waals surface area (Å²) in [6, 6.07) is 6.23. The van der Waals surface area contributed by atoms with Gasteiger partial charge in [0, 0.05) is 22.3 Å². The molecule has 0 N–H and O–H groups in total. The highest BCUT2D eigenvalue weighted by atomic mass is 79.9. The molecule has 1 atom stereocenters. The van der Waals surface area contributed by atoms with Crippen LogP contribution < -0.4 is 0 Å². The van der Waals surface area contributed by atoms with Crippen LogP contribution in [0.25, 0.3) is 11.0 Å². The van der Waals surface area contributed by atoms with Gasteiger partial charge in [-0.25, -0.2) is 4.98 Å². The van der Waals surface area contributed by atoms with Gasteiger partial charge in [0.2, 0.25) is 0 Å². The van der Waals surface area contributed by atoms with E-state index < -0.39 is 0 Å². The SMILES string of the molecule is C[C@@H](c1cc2cc(Br)cc(Br)c2o1)n1ccnc1. The number of fused-ring (bicyclic) bond motifs is 1. The van der Waals surface area contributed by atoms with Gasteiger partial charge >= 0.3 is 0 Å². The summed E-state index contributed by atoms with van der Waals surface area (Å²) in [7, 11) is 0. The van der Waals surface area contributed by atoms with Crippen molar-refractivity contribution in [3.8, 4) is 0 Å². The Morgan fingerprint density at radius 3 is 2.83 bits per heavy atom. The summed E-state index contributed by atoms with van der Waals surface area (Å²) in [4.78, 5) is 4.06. The summed E-state index contributed by atoms with van der Waals surface area (Å²) >= 11 is 7.00. The van der Waals surface area contributed by atoms with Gasteiger partial charge in [-0.15, -0.1) is 0 Å². The van der Waals surface area contributed by atoms with Crippen LogP contribution in [-0.2, 0) is 0 Å². The molecule has 0 bridgehead atoms. The first kappa shape index (κ1) is 12.0. The molecular formula is C13H10Br2N2O. The lowest BCUT2D eigenvalue weighted by molar-refractivity contribution is 0.470. The first-order valence-electron chi connectivity index (χ1n) is 5.51. The normalized spacial score (nSPS) is 13.1. The highest BCUT2D eigenvalue weighted by Gasteiger charge is 2.14. The molecule has 0 aliphatic rings. The lowest BCUT2D eigenvalue weighted by atomic mass is 10.2. The summed E-state index contributed by atoms with van der Waals surface area (Å²) in [5, 5.41) is 1.08. The quantitative estimate of drug-likeness (QED) is 0.651. The molecule has 3 nitrogen and oxygen atoms in total. The number of furan rings is 1. The van der Waals surface area contributed by atoms with Crippen molar-refractivity contribution in [3.05, 3.63) is 51.6 Å². The van der Waals surface area contributed by atoms with E-state index in [4.69, 9.17) is 4.42 Å². The van der Waals surface area contributed by atoms with Crippen molar-refractivity contribution in [2.45, 2.75) is 13.0 Å². The Labute approximate surface area is 121 Å². The van der Waals surface area contributed by atoms with Gasteiger partial charge < -0.3 is 8.98 Å². The fourth-order valence-electron chi connectivity index (χ4n) is 1.95. The minimum atomic E-state index is 0.130. The third-order valence-electron chi connectivity index (χ3n) is 2.94. The van der Waals surface area contributed by atoms with Gasteiger partial charge in [0.25, 0.3) is 0 Å². The van der Waals surface area contributed by atoms with Crippen LogP contribution in [0.5, 0.6) is 0 Å². The molecule has 5 heteroatoms. The number of aromatic nitrogens is 2. The summed E-state index contributed by atoms with van der Waals surface area (Å²) in [5.41, 5.74) is 0.875. The maximum absolute atomic E-state index is 5.92. The number of benzene rings is 1. The zero-order valence-electron chi connectivity index (χ0n) is 9.60. The summed E-state index contributed by atoms with van der Waals surface area (Å²) < 4.78 is 9.92. The average Bonchev–Trinajstić information content (AvgIpc) is 2.96. The number of hydrogen-bond donors (Lipinski definition) is 0. The van der Waals surface area contributed by atoms with Crippen LogP contribution in [0.3, 0.4) is 0 Å². The number of halogens is 2. The Kier molecular flexibility index (Phi) is 3.03. The molecule has 3 aromatic rings. The standard InChI is InChI=1S/C13H10Br2N2O/c1-8(17-3-2-16-7-17)12-5-9-4-10(14)6-11(15)13(9)18-12/h2-8H,1H3/t8-/m0/s1. The van der Waals surface area contributed by atoms with Crippen molar-refractivity contribution in [2.24, 2.45) is 0 Å². The maximum atomic E-state index is 5.92. The third kappa shape index (κ3) is 2.01. The number of hydrogen-bond acceptors (Lipinski definition) is 2. The monoisotopic (exact) mass is 368 g/mol. The van der Waals surface area contributed by atoms with Gasteiger partial charge in [0.1, 0.15) is 11.3 Å². The molecule has 0 aliphatic heterocycles. The predicted octanol–water partition coefficient (Wildman–Crippen LogP) is 4.76. The third-order valence-corrected chi connectivity index (χ3v) is 3.99. The molecule has 2 heterocycles. The molecule has 18 heavy (non-hydrogen) atoms. The molecule has 92 valence electrons. The van der Waals surface area contributed by atoms with Gasteiger partial charge in [-0.3, -0.25) is 0 Å². The predicted molar refractivity (Wildman–Crippen MR) is 77.7 cm³/mol. The zero-order chi connectivity index (χ0) is 12.7. The molecule has 0 fully saturated rings. The van der Waals surface area contributed by atoms with E-state index in [1.807, 2.05) is 22.9 Å². The van der Waals surface area contributed by atoms with Crippen LogP contribution in [0.2, 0.25) is 0 Å². The Balaban J connectivity index is 2.11. The molecule has 0 amide bonds. The Morgan fingerprint density at radius 1 is 1.28 bits per heavy atom. The highest BCUT2D eigenvalue weighted by Crippen LogP contribution is 2.33. The van der Waals surface area contributed by atoms with Crippen molar-refractivity contribution in [3.63, 3.8) is 0 Å². The molecule has 0 unspecified atom stereocenters. The fraction of sp³-hybridized carbons (Fsp3) is 0.154. The highest BCUT2D eigenvalue weighted by molar-refractivity contribution is 9.11. The van der Waals surface area contributed by atoms with Crippen molar-refractivity contribution >= 4 is 42.8 Å². The minimum absolute atomic E-state index is 0.130. The average molecular weight is 370 g/mol. The summed E-state index contributed by atoms with van der Waals surface area (Å²) in [6.45, 7) is 2.09. The van der Waals surface area contributed by atoms with E-state index in [1.54, 1.807) is 12.5 Å². The van der Waals surface area contributed by atoms with Crippen LogP contribution in [0.1, 0.15) is 18.7 Å². The number of rotatable bonds is 2. The number of nitrogens with zero attached hydrogens (tertiary/aromatic N) is 2. The second-order valence-electron chi connectivity index (χ2n) is 4.14. The van der Waals surface area contributed by atoms with E-state index in [2.05, 4.69) is 49.8 Å². The topological polar surface area (TPSA) is 31.0 Å². The van der Waals surface area contributed by atoms with Crippen molar-refractivity contribution in [1.82, 2.24) is 9.55 Å². The van der Waals surface area contributed by atoms with E-state index >= 15 is 0 Å². The number of imidazole rings is 1. The van der Waals surface area contributed by atoms with Crippen LogP contribution in [0.15, 0.2) is 50.3 Å². The van der Waals surface area contributed by atoms with E-state index in [0.29, 0.717) is 0 Å². The summed E-state index contributed by atoms with van der Waals surface area (Å²) in [6.07, 6.45) is 5.50. The molecule has 1 aromatic carbocycles. The lowest BCUT2D eigenvalue weighted by Gasteiger charge is -2.08. The van der Waals surface area contributed by atoms with E-state index in [-0.39, 0.29) is 6.04 Å². The lowest BCUT2D eigenvalue weighted by Crippen LogP contribution is -2.02. The smallest absolute Gasteiger partial charge is 0.148 e. The van der Waals surface area contributed by atoms with Gasteiger partial charge in [-0.05, 0) is 41.1 Å². The first-order valence-corrected chi connectivity index (χ1v) is 7.09. The van der Waals surface area contributed by atoms with Gasteiger partial charge in [0.05, 0.1) is 16.8 Å². The summed E-state index contributed by atoms with van der Waals surface area (Å²) in [5.74, 6) is 0.918. The van der Waals surface area contributed by atoms with Crippen molar-refractivity contribution < 1.29 is 4.42 Å².